The standard InChI is InChI=1S/C16H19ClN2O2/c17-13-5-3-12(4-6-13)16(7-8-16)15(21)18-11-14(20)19-9-1-2-10-19/h3-6H,1-2,7-11H2,(H,18,21). The third-order valence-corrected chi connectivity index (χ3v) is 4.69. The molecule has 0 atom stereocenters. The first-order valence-corrected chi connectivity index (χ1v) is 7.82. The van der Waals surface area contributed by atoms with Gasteiger partial charge < -0.3 is 10.2 Å². The van der Waals surface area contributed by atoms with Gasteiger partial charge in [-0.25, -0.2) is 0 Å². The Bertz CT molecular complexity index is 546. The van der Waals surface area contributed by atoms with E-state index < -0.39 is 5.41 Å². The van der Waals surface area contributed by atoms with Gasteiger partial charge >= 0.3 is 0 Å². The van der Waals surface area contributed by atoms with Crippen molar-refractivity contribution in [2.75, 3.05) is 19.6 Å². The minimum Gasteiger partial charge on any atom is -0.346 e. The van der Waals surface area contributed by atoms with E-state index in [4.69, 9.17) is 11.6 Å². The number of halogens is 1. The number of hydrogen-bond acceptors (Lipinski definition) is 2. The van der Waals surface area contributed by atoms with Gasteiger partial charge in [0.15, 0.2) is 0 Å². The number of carbonyl (C=O) groups excluding carboxylic acids is 2. The molecule has 1 aliphatic heterocycles. The number of benzene rings is 1. The van der Waals surface area contributed by atoms with Gasteiger partial charge in [0.2, 0.25) is 11.8 Å². The second-order valence-corrected chi connectivity index (χ2v) is 6.30. The van der Waals surface area contributed by atoms with E-state index in [2.05, 4.69) is 5.32 Å². The summed E-state index contributed by atoms with van der Waals surface area (Å²) < 4.78 is 0. The van der Waals surface area contributed by atoms with Crippen molar-refractivity contribution in [1.82, 2.24) is 10.2 Å². The molecule has 21 heavy (non-hydrogen) atoms. The summed E-state index contributed by atoms with van der Waals surface area (Å²) in [6, 6.07) is 7.41. The Hall–Kier alpha value is -1.55. The van der Waals surface area contributed by atoms with Gasteiger partial charge in [0, 0.05) is 18.1 Å². The van der Waals surface area contributed by atoms with E-state index in [0.717, 1.165) is 44.3 Å². The van der Waals surface area contributed by atoms with Crippen molar-refractivity contribution < 1.29 is 9.59 Å². The lowest BCUT2D eigenvalue weighted by atomic mass is 9.95. The molecule has 112 valence electrons. The summed E-state index contributed by atoms with van der Waals surface area (Å²) >= 11 is 5.89. The van der Waals surface area contributed by atoms with E-state index in [-0.39, 0.29) is 18.4 Å². The molecule has 2 aliphatic rings. The number of hydrogen-bond donors (Lipinski definition) is 1. The molecule has 1 aromatic rings. The van der Waals surface area contributed by atoms with Gasteiger partial charge in [-0.1, -0.05) is 23.7 Å². The molecule has 0 aromatic heterocycles. The average Bonchev–Trinajstić information content (AvgIpc) is 3.11. The maximum atomic E-state index is 12.4. The van der Waals surface area contributed by atoms with Crippen LogP contribution in [0.4, 0.5) is 0 Å². The predicted molar refractivity (Wildman–Crippen MR) is 81.2 cm³/mol. The van der Waals surface area contributed by atoms with E-state index in [1.165, 1.54) is 0 Å². The number of amides is 2. The molecule has 1 heterocycles. The summed E-state index contributed by atoms with van der Waals surface area (Å²) in [5.41, 5.74) is 0.536. The van der Waals surface area contributed by atoms with Gasteiger partial charge in [-0.05, 0) is 43.4 Å². The van der Waals surface area contributed by atoms with Crippen molar-refractivity contribution in [3.05, 3.63) is 34.9 Å². The first-order valence-electron chi connectivity index (χ1n) is 7.44. The topological polar surface area (TPSA) is 49.4 Å². The summed E-state index contributed by atoms with van der Waals surface area (Å²) in [5.74, 6) is -0.0230. The molecule has 1 saturated heterocycles. The molecule has 0 unspecified atom stereocenters. The Balaban J connectivity index is 1.60. The number of carbonyl (C=O) groups is 2. The fraction of sp³-hybridized carbons (Fsp3) is 0.500. The summed E-state index contributed by atoms with van der Waals surface area (Å²) in [7, 11) is 0. The summed E-state index contributed by atoms with van der Waals surface area (Å²) in [4.78, 5) is 26.2. The highest BCUT2D eigenvalue weighted by Gasteiger charge is 2.51. The van der Waals surface area contributed by atoms with Gasteiger partial charge in [-0.2, -0.15) is 0 Å². The van der Waals surface area contributed by atoms with Crippen LogP contribution in [-0.2, 0) is 15.0 Å². The van der Waals surface area contributed by atoms with Crippen molar-refractivity contribution in [1.29, 1.82) is 0 Å². The van der Waals surface area contributed by atoms with Crippen LogP contribution in [0, 0.1) is 0 Å². The third kappa shape index (κ3) is 2.91. The van der Waals surface area contributed by atoms with E-state index in [9.17, 15) is 9.59 Å². The number of rotatable bonds is 4. The summed E-state index contributed by atoms with van der Waals surface area (Å²) in [5, 5.41) is 3.48. The molecule has 4 nitrogen and oxygen atoms in total. The van der Waals surface area contributed by atoms with Crippen LogP contribution in [0.1, 0.15) is 31.2 Å². The highest BCUT2D eigenvalue weighted by atomic mass is 35.5. The Kier molecular flexibility index (Phi) is 3.89. The van der Waals surface area contributed by atoms with Gasteiger partial charge in [0.05, 0.1) is 12.0 Å². The predicted octanol–water partition coefficient (Wildman–Crippen LogP) is 2.11. The van der Waals surface area contributed by atoms with Crippen molar-refractivity contribution in [3.8, 4) is 0 Å². The normalized spacial score (nSPS) is 19.4. The van der Waals surface area contributed by atoms with E-state index in [1.54, 1.807) is 12.1 Å². The molecule has 2 amide bonds. The lowest BCUT2D eigenvalue weighted by Crippen LogP contribution is -2.42. The maximum absolute atomic E-state index is 12.4. The Labute approximate surface area is 129 Å². The molecule has 2 fully saturated rings. The van der Waals surface area contributed by atoms with Crippen LogP contribution >= 0.6 is 11.6 Å². The molecule has 1 aromatic carbocycles. The van der Waals surface area contributed by atoms with E-state index >= 15 is 0 Å². The van der Waals surface area contributed by atoms with Crippen LogP contribution in [-0.4, -0.2) is 36.3 Å². The molecule has 0 spiro atoms. The molecular weight excluding hydrogens is 288 g/mol. The van der Waals surface area contributed by atoms with Crippen LogP contribution in [0.3, 0.4) is 0 Å². The smallest absolute Gasteiger partial charge is 0.241 e. The highest BCUT2D eigenvalue weighted by molar-refractivity contribution is 6.30. The molecule has 0 bridgehead atoms. The van der Waals surface area contributed by atoms with E-state index in [1.807, 2.05) is 17.0 Å². The zero-order valence-corrected chi connectivity index (χ0v) is 12.7. The Morgan fingerprint density at radius 2 is 1.76 bits per heavy atom. The maximum Gasteiger partial charge on any atom is 0.241 e. The second-order valence-electron chi connectivity index (χ2n) is 5.86. The van der Waals surface area contributed by atoms with Crippen LogP contribution < -0.4 is 5.32 Å². The van der Waals surface area contributed by atoms with Crippen molar-refractivity contribution in [3.63, 3.8) is 0 Å². The van der Waals surface area contributed by atoms with Crippen LogP contribution in [0.25, 0.3) is 0 Å². The molecule has 3 rings (SSSR count). The largest absolute Gasteiger partial charge is 0.346 e. The Morgan fingerprint density at radius 1 is 1.14 bits per heavy atom. The lowest BCUT2D eigenvalue weighted by molar-refractivity contribution is -0.132. The van der Waals surface area contributed by atoms with Crippen molar-refractivity contribution >= 4 is 23.4 Å². The monoisotopic (exact) mass is 306 g/mol. The quantitative estimate of drug-likeness (QED) is 0.926. The fourth-order valence-corrected chi connectivity index (χ4v) is 3.07. The molecule has 5 heteroatoms. The van der Waals surface area contributed by atoms with E-state index in [0.29, 0.717) is 5.02 Å². The minimum absolute atomic E-state index is 0.0211. The Morgan fingerprint density at radius 3 is 2.33 bits per heavy atom. The lowest BCUT2D eigenvalue weighted by Gasteiger charge is -2.18. The number of nitrogens with zero attached hydrogens (tertiary/aromatic N) is 1. The van der Waals surface area contributed by atoms with Crippen molar-refractivity contribution in [2.45, 2.75) is 31.1 Å². The van der Waals surface area contributed by atoms with Crippen molar-refractivity contribution in [2.24, 2.45) is 0 Å². The molecular formula is C16H19ClN2O2. The number of nitrogens with one attached hydrogen (secondary N) is 1. The van der Waals surface area contributed by atoms with Gasteiger partial charge in [-0.15, -0.1) is 0 Å². The number of likely N-dealkylation sites (tertiary alicyclic amines) is 1. The molecule has 1 saturated carbocycles. The average molecular weight is 307 g/mol. The fourth-order valence-electron chi connectivity index (χ4n) is 2.94. The molecule has 1 aliphatic carbocycles. The zero-order valence-electron chi connectivity index (χ0n) is 11.9. The first-order chi connectivity index (χ1) is 10.1. The summed E-state index contributed by atoms with van der Waals surface area (Å²) in [6.07, 6.45) is 3.79. The third-order valence-electron chi connectivity index (χ3n) is 4.44. The van der Waals surface area contributed by atoms with Crippen LogP contribution in [0.5, 0.6) is 0 Å². The minimum atomic E-state index is -0.449. The van der Waals surface area contributed by atoms with Gasteiger partial charge in [0.25, 0.3) is 0 Å². The summed E-state index contributed by atoms with van der Waals surface area (Å²) in [6.45, 7) is 1.74. The van der Waals surface area contributed by atoms with Gasteiger partial charge in [-0.3, -0.25) is 9.59 Å². The first kappa shape index (κ1) is 14.4. The van der Waals surface area contributed by atoms with Gasteiger partial charge in [0.1, 0.15) is 0 Å². The zero-order chi connectivity index (χ0) is 14.9. The molecule has 1 N–H and O–H groups in total. The SMILES string of the molecule is O=C(CNC(=O)C1(c2ccc(Cl)cc2)CC1)N1CCCC1. The highest BCUT2D eigenvalue weighted by Crippen LogP contribution is 2.48. The second kappa shape index (κ2) is 5.68. The molecule has 0 radical (unpaired) electrons. The van der Waals surface area contributed by atoms with Crippen LogP contribution in [0.15, 0.2) is 24.3 Å². The van der Waals surface area contributed by atoms with Crippen LogP contribution in [0.2, 0.25) is 5.02 Å².